The van der Waals surface area contributed by atoms with Crippen LogP contribution < -0.4 is 10.1 Å². The molecule has 1 heterocycles. The Morgan fingerprint density at radius 2 is 1.85 bits per heavy atom. The number of alkyl halides is 3. The average molecular weight is 309 g/mol. The molecule has 2 atom stereocenters. The van der Waals surface area contributed by atoms with Gasteiger partial charge in [-0.2, -0.15) is 0 Å². The summed E-state index contributed by atoms with van der Waals surface area (Å²) in [5.74, 6) is -0.388. The van der Waals surface area contributed by atoms with Gasteiger partial charge < -0.3 is 10.1 Å². The molecule has 20 heavy (non-hydrogen) atoms. The Morgan fingerprint density at radius 1 is 1.25 bits per heavy atom. The number of halogens is 3. The second kappa shape index (κ2) is 5.25. The highest BCUT2D eigenvalue weighted by Crippen LogP contribution is 2.26. The molecule has 1 N–H and O–H groups in total. The van der Waals surface area contributed by atoms with Crippen LogP contribution >= 0.6 is 0 Å². The summed E-state index contributed by atoms with van der Waals surface area (Å²) < 4.78 is 63.5. The Labute approximate surface area is 114 Å². The zero-order valence-corrected chi connectivity index (χ0v) is 11.5. The summed E-state index contributed by atoms with van der Waals surface area (Å²) in [5, 5.41) is 2.61. The number of hydrogen-bond acceptors (Lipinski definition) is 4. The van der Waals surface area contributed by atoms with Gasteiger partial charge in [0.25, 0.3) is 0 Å². The minimum atomic E-state index is -4.73. The first-order valence-electron chi connectivity index (χ1n) is 5.98. The van der Waals surface area contributed by atoms with Gasteiger partial charge in [-0.15, -0.1) is 13.2 Å². The summed E-state index contributed by atoms with van der Waals surface area (Å²) in [5.41, 5.74) is 0.620. The molecule has 1 saturated heterocycles. The summed E-state index contributed by atoms with van der Waals surface area (Å²) in [6.45, 7) is 1.95. The molecule has 0 radical (unpaired) electrons. The standard InChI is InChI=1S/C12H14F3NO3S/c1-8-6-16-11(7-20(8,17)18)9-2-4-10(5-3-9)19-12(13,14)15/h2-5,8,11,16H,6-7H2,1H3. The first-order valence-corrected chi connectivity index (χ1v) is 7.69. The van der Waals surface area contributed by atoms with Crippen LogP contribution in [-0.4, -0.2) is 32.3 Å². The second-order valence-corrected chi connectivity index (χ2v) is 7.18. The first kappa shape index (κ1) is 15.1. The molecule has 1 aliphatic heterocycles. The number of rotatable bonds is 2. The predicted octanol–water partition coefficient (Wildman–Crippen LogP) is 2.03. The number of ether oxygens (including phenoxy) is 1. The van der Waals surface area contributed by atoms with Crippen molar-refractivity contribution in [1.82, 2.24) is 5.32 Å². The van der Waals surface area contributed by atoms with Crippen molar-refractivity contribution in [2.24, 2.45) is 0 Å². The molecule has 2 rings (SSSR count). The average Bonchev–Trinajstić information content (AvgIpc) is 2.31. The lowest BCUT2D eigenvalue weighted by Gasteiger charge is -2.28. The second-order valence-electron chi connectivity index (χ2n) is 4.72. The molecule has 8 heteroatoms. The van der Waals surface area contributed by atoms with E-state index in [4.69, 9.17) is 0 Å². The Balaban J connectivity index is 2.11. The van der Waals surface area contributed by atoms with Crippen LogP contribution in [-0.2, 0) is 9.84 Å². The molecule has 4 nitrogen and oxygen atoms in total. The fourth-order valence-corrected chi connectivity index (χ4v) is 3.46. The molecule has 0 aromatic heterocycles. The van der Waals surface area contributed by atoms with Crippen molar-refractivity contribution in [2.75, 3.05) is 12.3 Å². The Hall–Kier alpha value is -1.28. The molecule has 2 unspecified atom stereocenters. The van der Waals surface area contributed by atoms with Gasteiger partial charge in [-0.05, 0) is 24.6 Å². The highest BCUT2D eigenvalue weighted by atomic mass is 32.2. The lowest BCUT2D eigenvalue weighted by Crippen LogP contribution is -2.44. The molecule has 112 valence electrons. The molecule has 0 aliphatic carbocycles. The van der Waals surface area contributed by atoms with Gasteiger partial charge in [0.05, 0.1) is 11.0 Å². The minimum absolute atomic E-state index is 0.0619. The van der Waals surface area contributed by atoms with E-state index in [0.717, 1.165) is 0 Å². The molecular formula is C12H14F3NO3S. The maximum atomic E-state index is 12.0. The smallest absolute Gasteiger partial charge is 0.406 e. The van der Waals surface area contributed by atoms with Crippen LogP contribution in [0.2, 0.25) is 0 Å². The summed E-state index contributed by atoms with van der Waals surface area (Å²) in [6.07, 6.45) is -4.73. The molecule has 1 aliphatic rings. The summed E-state index contributed by atoms with van der Waals surface area (Å²) >= 11 is 0. The van der Waals surface area contributed by atoms with Gasteiger partial charge in [0.1, 0.15) is 5.75 Å². The van der Waals surface area contributed by atoms with Crippen LogP contribution in [0.5, 0.6) is 5.75 Å². The van der Waals surface area contributed by atoms with Crippen molar-refractivity contribution in [3.8, 4) is 5.75 Å². The van der Waals surface area contributed by atoms with E-state index < -0.39 is 27.5 Å². The Morgan fingerprint density at radius 3 is 2.35 bits per heavy atom. The van der Waals surface area contributed by atoms with Gasteiger partial charge in [0.2, 0.25) is 0 Å². The number of hydrogen-bond donors (Lipinski definition) is 1. The summed E-state index contributed by atoms with van der Waals surface area (Å²) in [7, 11) is -3.17. The van der Waals surface area contributed by atoms with E-state index >= 15 is 0 Å². The van der Waals surface area contributed by atoms with E-state index in [1.54, 1.807) is 6.92 Å². The molecule has 1 aromatic rings. The fraction of sp³-hybridized carbons (Fsp3) is 0.500. The van der Waals surface area contributed by atoms with Crippen molar-refractivity contribution in [3.05, 3.63) is 29.8 Å². The van der Waals surface area contributed by atoms with Gasteiger partial charge in [0, 0.05) is 12.6 Å². The summed E-state index contributed by atoms with van der Waals surface area (Å²) in [4.78, 5) is 0. The van der Waals surface area contributed by atoms with Gasteiger partial charge in [0.15, 0.2) is 9.84 Å². The molecular weight excluding hydrogens is 295 g/mol. The van der Waals surface area contributed by atoms with Crippen LogP contribution in [0.4, 0.5) is 13.2 Å². The van der Waals surface area contributed by atoms with Crippen molar-refractivity contribution in [3.63, 3.8) is 0 Å². The molecule has 0 saturated carbocycles. The van der Waals surface area contributed by atoms with Crippen LogP contribution in [0.15, 0.2) is 24.3 Å². The minimum Gasteiger partial charge on any atom is -0.406 e. The topological polar surface area (TPSA) is 55.4 Å². The van der Waals surface area contributed by atoms with Gasteiger partial charge in [-0.1, -0.05) is 12.1 Å². The summed E-state index contributed by atoms with van der Waals surface area (Å²) in [6, 6.07) is 4.81. The van der Waals surface area contributed by atoms with E-state index in [9.17, 15) is 21.6 Å². The van der Waals surface area contributed by atoms with Crippen LogP contribution in [0.25, 0.3) is 0 Å². The highest BCUT2D eigenvalue weighted by Gasteiger charge is 2.33. The maximum Gasteiger partial charge on any atom is 0.573 e. The monoisotopic (exact) mass is 309 g/mol. The fourth-order valence-electron chi connectivity index (χ4n) is 2.01. The lowest BCUT2D eigenvalue weighted by atomic mass is 10.1. The number of nitrogens with one attached hydrogen (secondary N) is 1. The predicted molar refractivity (Wildman–Crippen MR) is 67.1 cm³/mol. The third-order valence-electron chi connectivity index (χ3n) is 3.18. The molecule has 0 spiro atoms. The maximum absolute atomic E-state index is 12.0. The van der Waals surface area contributed by atoms with E-state index in [2.05, 4.69) is 10.1 Å². The number of sulfone groups is 1. The molecule has 0 amide bonds. The largest absolute Gasteiger partial charge is 0.573 e. The van der Waals surface area contributed by atoms with E-state index in [0.29, 0.717) is 12.1 Å². The highest BCUT2D eigenvalue weighted by molar-refractivity contribution is 7.92. The van der Waals surface area contributed by atoms with Gasteiger partial charge >= 0.3 is 6.36 Å². The van der Waals surface area contributed by atoms with Gasteiger partial charge in [-0.3, -0.25) is 0 Å². The zero-order chi connectivity index (χ0) is 15.0. The van der Waals surface area contributed by atoms with Crippen LogP contribution in [0.3, 0.4) is 0 Å². The lowest BCUT2D eigenvalue weighted by molar-refractivity contribution is -0.274. The Kier molecular flexibility index (Phi) is 3.97. The van der Waals surface area contributed by atoms with E-state index in [-0.39, 0.29) is 11.5 Å². The van der Waals surface area contributed by atoms with Gasteiger partial charge in [-0.25, -0.2) is 8.42 Å². The van der Waals surface area contributed by atoms with E-state index in [1.807, 2.05) is 0 Å². The first-order chi connectivity index (χ1) is 9.17. The Bertz CT molecular complexity index is 569. The van der Waals surface area contributed by atoms with E-state index in [1.165, 1.54) is 24.3 Å². The van der Waals surface area contributed by atoms with Crippen molar-refractivity contribution in [1.29, 1.82) is 0 Å². The normalized spacial score (nSPS) is 26.2. The zero-order valence-electron chi connectivity index (χ0n) is 10.6. The third kappa shape index (κ3) is 3.63. The number of benzene rings is 1. The molecule has 0 bridgehead atoms. The van der Waals surface area contributed by atoms with Crippen molar-refractivity contribution < 1.29 is 26.3 Å². The van der Waals surface area contributed by atoms with Crippen molar-refractivity contribution in [2.45, 2.75) is 24.6 Å². The quantitative estimate of drug-likeness (QED) is 0.908. The van der Waals surface area contributed by atoms with Crippen molar-refractivity contribution >= 4 is 9.84 Å². The molecule has 1 aromatic carbocycles. The third-order valence-corrected chi connectivity index (χ3v) is 5.37. The molecule has 1 fully saturated rings. The van der Waals surface area contributed by atoms with Crippen LogP contribution in [0.1, 0.15) is 18.5 Å². The SMILES string of the molecule is CC1CNC(c2ccc(OC(F)(F)F)cc2)CS1(=O)=O. The van der Waals surface area contributed by atoms with Crippen LogP contribution in [0, 0.1) is 0 Å².